The zero-order valence-corrected chi connectivity index (χ0v) is 16.8. The second-order valence-corrected chi connectivity index (χ2v) is 7.20. The number of hydrogen-bond donors (Lipinski definition) is 2. The number of rotatable bonds is 4. The highest BCUT2D eigenvalue weighted by Gasteiger charge is 2.33. The number of imidazole rings is 1. The van der Waals surface area contributed by atoms with Crippen LogP contribution in [0.3, 0.4) is 0 Å². The molecule has 4 rings (SSSR count). The fourth-order valence-corrected chi connectivity index (χ4v) is 3.58. The van der Waals surface area contributed by atoms with Crippen LogP contribution in [0.2, 0.25) is 5.02 Å². The molecule has 0 aliphatic carbocycles. The molecule has 2 N–H and O–H groups in total. The monoisotopic (exact) mass is 431 g/mol. The summed E-state index contributed by atoms with van der Waals surface area (Å²) in [4.78, 5) is 7.48. The van der Waals surface area contributed by atoms with E-state index in [1.807, 2.05) is 44.2 Å². The summed E-state index contributed by atoms with van der Waals surface area (Å²) in [6, 6.07) is 13.3. The minimum Gasteiger partial charge on any atom is -0.323 e. The third-order valence-electron chi connectivity index (χ3n) is 4.75. The number of halogens is 4. The minimum atomic E-state index is -4.52. The summed E-state index contributed by atoms with van der Waals surface area (Å²) in [5, 5.41) is 3.88. The Hall–Kier alpha value is -3.26. The van der Waals surface area contributed by atoms with Gasteiger partial charge in [-0.05, 0) is 50.2 Å². The van der Waals surface area contributed by atoms with E-state index >= 15 is 0 Å². The van der Waals surface area contributed by atoms with Crippen molar-refractivity contribution in [2.24, 2.45) is 5.10 Å². The van der Waals surface area contributed by atoms with Crippen molar-refractivity contribution in [3.8, 4) is 5.69 Å². The molecule has 9 heteroatoms. The molecule has 154 valence electrons. The summed E-state index contributed by atoms with van der Waals surface area (Å²) in [5.41, 5.74) is 6.34. The van der Waals surface area contributed by atoms with Crippen LogP contribution in [0.15, 0.2) is 53.6 Å². The van der Waals surface area contributed by atoms with E-state index in [1.165, 1.54) is 6.07 Å². The van der Waals surface area contributed by atoms with Crippen LogP contribution >= 0.6 is 11.6 Å². The number of nitrogens with one attached hydrogen (secondary N) is 2. The van der Waals surface area contributed by atoms with Gasteiger partial charge >= 0.3 is 6.18 Å². The van der Waals surface area contributed by atoms with Crippen LogP contribution in [0, 0.1) is 13.8 Å². The summed E-state index contributed by atoms with van der Waals surface area (Å²) in [7, 11) is 0. The molecular formula is C21H17ClF3N5. The number of para-hydroxylation sites is 2. The number of hydrogen-bond acceptors (Lipinski definition) is 3. The molecule has 0 spiro atoms. The fraction of sp³-hybridized carbons (Fsp3) is 0.143. The molecule has 0 amide bonds. The number of benzene rings is 2. The highest BCUT2D eigenvalue weighted by molar-refractivity contribution is 6.31. The molecule has 0 saturated heterocycles. The second-order valence-electron chi connectivity index (χ2n) is 6.80. The van der Waals surface area contributed by atoms with Gasteiger partial charge in [-0.25, -0.2) is 10.4 Å². The Kier molecular flexibility index (Phi) is 5.03. The van der Waals surface area contributed by atoms with Crippen molar-refractivity contribution >= 4 is 34.8 Å². The molecule has 0 unspecified atom stereocenters. The van der Waals surface area contributed by atoms with Crippen molar-refractivity contribution in [3.63, 3.8) is 0 Å². The largest absolute Gasteiger partial charge is 0.417 e. The number of aryl methyl sites for hydroxylation is 1. The Labute approximate surface area is 175 Å². The van der Waals surface area contributed by atoms with Crippen molar-refractivity contribution in [3.05, 3.63) is 76.1 Å². The number of nitrogens with zero attached hydrogens (tertiary/aromatic N) is 3. The predicted molar refractivity (Wildman–Crippen MR) is 113 cm³/mol. The average molecular weight is 432 g/mol. The van der Waals surface area contributed by atoms with Crippen LogP contribution < -0.4 is 5.43 Å². The quantitative estimate of drug-likeness (QED) is 0.303. The minimum absolute atomic E-state index is 0.328. The first-order valence-corrected chi connectivity index (χ1v) is 9.42. The highest BCUT2D eigenvalue weighted by atomic mass is 35.5. The van der Waals surface area contributed by atoms with Gasteiger partial charge in [-0.15, -0.1) is 0 Å². The first kappa shape index (κ1) is 20.0. The Morgan fingerprint density at radius 2 is 1.90 bits per heavy atom. The van der Waals surface area contributed by atoms with Gasteiger partial charge in [0, 0.05) is 22.6 Å². The molecule has 0 atom stereocenters. The summed E-state index contributed by atoms with van der Waals surface area (Å²) in [6.45, 7) is 3.64. The van der Waals surface area contributed by atoms with Crippen LogP contribution in [0.1, 0.15) is 22.5 Å². The van der Waals surface area contributed by atoms with Crippen LogP contribution in [-0.2, 0) is 6.18 Å². The second kappa shape index (κ2) is 7.53. The number of anilines is 1. The number of fused-ring (bicyclic) bond motifs is 1. The Balaban J connectivity index is 1.61. The van der Waals surface area contributed by atoms with Gasteiger partial charge < -0.3 is 9.55 Å². The van der Waals surface area contributed by atoms with E-state index in [4.69, 9.17) is 11.6 Å². The normalized spacial score (nSPS) is 12.2. The van der Waals surface area contributed by atoms with E-state index in [2.05, 4.69) is 20.5 Å². The summed E-state index contributed by atoms with van der Waals surface area (Å²) in [5.74, 6) is 0.494. The molecule has 2 heterocycles. The van der Waals surface area contributed by atoms with Crippen molar-refractivity contribution in [1.82, 2.24) is 14.5 Å². The lowest BCUT2D eigenvalue weighted by atomic mass is 10.2. The maximum absolute atomic E-state index is 13.2. The molecule has 0 radical (unpaired) electrons. The summed E-state index contributed by atoms with van der Waals surface area (Å²) >= 11 is 5.74. The van der Waals surface area contributed by atoms with Gasteiger partial charge in [-0.2, -0.15) is 18.3 Å². The third kappa shape index (κ3) is 3.78. The number of aromatic nitrogens is 3. The van der Waals surface area contributed by atoms with E-state index in [9.17, 15) is 13.2 Å². The van der Waals surface area contributed by atoms with Crippen LogP contribution in [0.5, 0.6) is 0 Å². The number of aromatic amines is 1. The standard InChI is InChI=1S/C21H17ClF3N5/c1-12-9-14(11-26-29-20-27-18-5-3-4-6-19(18)28-20)13(2)30(12)15-7-8-17(22)16(10-15)21(23,24)25/h3-11H,1-2H3,(H2,27,28,29). The molecule has 5 nitrogen and oxygen atoms in total. The van der Waals surface area contributed by atoms with Crippen LogP contribution in [0.25, 0.3) is 16.7 Å². The lowest BCUT2D eigenvalue weighted by molar-refractivity contribution is -0.137. The Morgan fingerprint density at radius 1 is 1.13 bits per heavy atom. The fourth-order valence-electron chi connectivity index (χ4n) is 3.35. The summed E-state index contributed by atoms with van der Waals surface area (Å²) in [6.07, 6.45) is -2.92. The lowest BCUT2D eigenvalue weighted by Gasteiger charge is -2.14. The molecular weight excluding hydrogens is 415 g/mol. The smallest absolute Gasteiger partial charge is 0.323 e. The SMILES string of the molecule is Cc1cc(C=NNc2nc3ccccc3[nH]2)c(C)n1-c1ccc(Cl)c(C(F)(F)F)c1. The molecule has 0 fully saturated rings. The first-order chi connectivity index (χ1) is 14.2. The van der Waals surface area contributed by atoms with E-state index in [0.717, 1.165) is 34.1 Å². The van der Waals surface area contributed by atoms with Gasteiger partial charge in [0.15, 0.2) is 0 Å². The van der Waals surface area contributed by atoms with Crippen molar-refractivity contribution < 1.29 is 13.2 Å². The molecule has 0 aliphatic rings. The van der Waals surface area contributed by atoms with Crippen molar-refractivity contribution in [2.75, 3.05) is 5.43 Å². The molecule has 2 aromatic carbocycles. The maximum atomic E-state index is 13.2. The van der Waals surface area contributed by atoms with E-state index in [-0.39, 0.29) is 5.02 Å². The van der Waals surface area contributed by atoms with Gasteiger partial charge in [-0.3, -0.25) is 0 Å². The molecule has 2 aromatic heterocycles. The van der Waals surface area contributed by atoms with E-state index in [0.29, 0.717) is 11.6 Å². The number of hydrazone groups is 1. The summed E-state index contributed by atoms with van der Waals surface area (Å²) < 4.78 is 41.4. The van der Waals surface area contributed by atoms with Crippen molar-refractivity contribution in [2.45, 2.75) is 20.0 Å². The van der Waals surface area contributed by atoms with E-state index in [1.54, 1.807) is 16.8 Å². The molecule has 0 aliphatic heterocycles. The Morgan fingerprint density at radius 3 is 2.63 bits per heavy atom. The predicted octanol–water partition coefficient (Wildman–Crippen LogP) is 6.09. The number of alkyl halides is 3. The molecule has 0 saturated carbocycles. The Bertz CT molecular complexity index is 1220. The van der Waals surface area contributed by atoms with Gasteiger partial charge in [0.05, 0.1) is 27.8 Å². The first-order valence-electron chi connectivity index (χ1n) is 9.04. The van der Waals surface area contributed by atoms with E-state index < -0.39 is 11.7 Å². The van der Waals surface area contributed by atoms with Crippen LogP contribution in [-0.4, -0.2) is 20.7 Å². The highest BCUT2D eigenvalue weighted by Crippen LogP contribution is 2.36. The van der Waals surface area contributed by atoms with Crippen LogP contribution in [0.4, 0.5) is 19.1 Å². The molecule has 30 heavy (non-hydrogen) atoms. The zero-order chi connectivity index (χ0) is 21.5. The lowest BCUT2D eigenvalue weighted by Crippen LogP contribution is -2.08. The van der Waals surface area contributed by atoms with Gasteiger partial charge in [0.2, 0.25) is 5.95 Å². The number of H-pyrrole nitrogens is 1. The van der Waals surface area contributed by atoms with Crippen molar-refractivity contribution in [1.29, 1.82) is 0 Å². The van der Waals surface area contributed by atoms with Gasteiger partial charge in [0.1, 0.15) is 0 Å². The maximum Gasteiger partial charge on any atom is 0.417 e. The molecule has 4 aromatic rings. The molecule has 0 bridgehead atoms. The third-order valence-corrected chi connectivity index (χ3v) is 5.08. The topological polar surface area (TPSA) is 58.0 Å². The average Bonchev–Trinajstić information content (AvgIpc) is 3.22. The zero-order valence-electron chi connectivity index (χ0n) is 16.0. The van der Waals surface area contributed by atoms with Gasteiger partial charge in [-0.1, -0.05) is 23.7 Å². The van der Waals surface area contributed by atoms with Gasteiger partial charge in [0.25, 0.3) is 0 Å².